The van der Waals surface area contributed by atoms with Crippen LogP contribution in [0, 0.1) is 19.7 Å². The van der Waals surface area contributed by atoms with Gasteiger partial charge in [0.2, 0.25) is 5.95 Å². The number of hydrogen-bond acceptors (Lipinski definition) is 5. The molecule has 0 saturated heterocycles. The third-order valence-corrected chi connectivity index (χ3v) is 4.75. The Bertz CT molecular complexity index is 932. The Morgan fingerprint density at radius 2 is 2.04 bits per heavy atom. The number of nitrogens with zero attached hydrogens (tertiary/aromatic N) is 3. The molecular weight excluding hydrogens is 315 g/mol. The molecule has 0 unspecified atom stereocenters. The van der Waals surface area contributed by atoms with Gasteiger partial charge in [-0.2, -0.15) is 0 Å². The van der Waals surface area contributed by atoms with Gasteiger partial charge in [0.25, 0.3) is 0 Å². The van der Waals surface area contributed by atoms with Crippen LogP contribution in [0.25, 0.3) is 10.6 Å². The van der Waals surface area contributed by atoms with E-state index in [0.29, 0.717) is 22.9 Å². The number of halogens is 1. The van der Waals surface area contributed by atoms with E-state index in [1.807, 2.05) is 6.92 Å². The molecule has 5 nitrogen and oxygen atoms in total. The summed E-state index contributed by atoms with van der Waals surface area (Å²) in [5.41, 5.74) is 2.80. The third kappa shape index (κ3) is 3.00. The van der Waals surface area contributed by atoms with Gasteiger partial charge in [-0.15, -0.1) is 0 Å². The van der Waals surface area contributed by atoms with Crippen LogP contribution >= 0.6 is 11.3 Å². The summed E-state index contributed by atoms with van der Waals surface area (Å²) in [6.45, 7) is 3.58. The van der Waals surface area contributed by atoms with E-state index in [2.05, 4.69) is 15.3 Å². The van der Waals surface area contributed by atoms with Gasteiger partial charge >= 0.3 is 4.87 Å². The number of anilines is 2. The molecule has 0 radical (unpaired) electrons. The highest BCUT2D eigenvalue weighted by atomic mass is 32.1. The molecule has 1 N–H and O–H groups in total. The van der Waals surface area contributed by atoms with E-state index in [4.69, 9.17) is 0 Å². The lowest BCUT2D eigenvalue weighted by Gasteiger charge is -2.07. The summed E-state index contributed by atoms with van der Waals surface area (Å²) in [6.07, 6.45) is 1.63. The van der Waals surface area contributed by atoms with Crippen molar-refractivity contribution in [1.29, 1.82) is 0 Å². The number of aryl methyl sites for hydroxylation is 1. The molecule has 7 heteroatoms. The van der Waals surface area contributed by atoms with Gasteiger partial charge in [-0.1, -0.05) is 11.3 Å². The van der Waals surface area contributed by atoms with Gasteiger partial charge in [-0.05, 0) is 43.7 Å². The van der Waals surface area contributed by atoms with E-state index in [1.54, 1.807) is 42.9 Å². The van der Waals surface area contributed by atoms with Crippen LogP contribution in [0.1, 0.15) is 11.3 Å². The van der Waals surface area contributed by atoms with Crippen LogP contribution in [-0.2, 0) is 7.05 Å². The van der Waals surface area contributed by atoms with Gasteiger partial charge in [0.1, 0.15) is 5.82 Å². The molecule has 2 aromatic heterocycles. The second-order valence-electron chi connectivity index (χ2n) is 5.20. The average Bonchev–Trinajstić information content (AvgIpc) is 2.79. The predicted octanol–water partition coefficient (Wildman–Crippen LogP) is 3.40. The Morgan fingerprint density at radius 1 is 1.26 bits per heavy atom. The fourth-order valence-corrected chi connectivity index (χ4v) is 3.10. The summed E-state index contributed by atoms with van der Waals surface area (Å²) in [5, 5.41) is 3.05. The highest BCUT2D eigenvalue weighted by Crippen LogP contribution is 2.25. The highest BCUT2D eigenvalue weighted by molar-refractivity contribution is 7.13. The monoisotopic (exact) mass is 330 g/mol. The van der Waals surface area contributed by atoms with Crippen LogP contribution in [0.5, 0.6) is 0 Å². The maximum absolute atomic E-state index is 13.3. The minimum absolute atomic E-state index is 0.0280. The van der Waals surface area contributed by atoms with Crippen molar-refractivity contribution in [2.45, 2.75) is 13.8 Å². The molecule has 0 fully saturated rings. The maximum atomic E-state index is 13.3. The smallest absolute Gasteiger partial charge is 0.307 e. The summed E-state index contributed by atoms with van der Waals surface area (Å²) in [7, 11) is 1.74. The Balaban J connectivity index is 1.95. The second kappa shape index (κ2) is 5.92. The Morgan fingerprint density at radius 3 is 2.70 bits per heavy atom. The molecule has 3 aromatic rings. The molecule has 118 valence electrons. The van der Waals surface area contributed by atoms with Gasteiger partial charge in [0, 0.05) is 24.6 Å². The largest absolute Gasteiger partial charge is 0.324 e. The van der Waals surface area contributed by atoms with E-state index in [0.717, 1.165) is 21.9 Å². The number of benzene rings is 1. The molecule has 23 heavy (non-hydrogen) atoms. The maximum Gasteiger partial charge on any atom is 0.307 e. The van der Waals surface area contributed by atoms with E-state index in [-0.39, 0.29) is 10.7 Å². The second-order valence-corrected chi connectivity index (χ2v) is 6.16. The Labute approximate surface area is 136 Å². The van der Waals surface area contributed by atoms with Gasteiger partial charge < -0.3 is 9.88 Å². The van der Waals surface area contributed by atoms with Crippen molar-refractivity contribution in [2.24, 2.45) is 7.05 Å². The van der Waals surface area contributed by atoms with Crippen LogP contribution in [0.15, 0.2) is 35.3 Å². The molecule has 0 spiro atoms. The molecule has 0 aliphatic rings. The van der Waals surface area contributed by atoms with E-state index >= 15 is 0 Å². The first-order valence-corrected chi connectivity index (χ1v) is 7.80. The van der Waals surface area contributed by atoms with Crippen molar-refractivity contribution in [2.75, 3.05) is 5.32 Å². The number of nitrogens with one attached hydrogen (secondary N) is 1. The lowest BCUT2D eigenvalue weighted by Crippen LogP contribution is -2.08. The molecule has 0 amide bonds. The van der Waals surface area contributed by atoms with E-state index < -0.39 is 0 Å². The van der Waals surface area contributed by atoms with Crippen molar-refractivity contribution in [3.63, 3.8) is 0 Å². The summed E-state index contributed by atoms with van der Waals surface area (Å²) < 4.78 is 14.9. The van der Waals surface area contributed by atoms with Crippen molar-refractivity contribution in [3.8, 4) is 10.6 Å². The Kier molecular flexibility index (Phi) is 3.96. The molecule has 1 aromatic carbocycles. The lowest BCUT2D eigenvalue weighted by molar-refractivity contribution is 0.619. The van der Waals surface area contributed by atoms with Crippen LogP contribution in [-0.4, -0.2) is 14.5 Å². The molecule has 2 heterocycles. The lowest BCUT2D eigenvalue weighted by atomic mass is 10.2. The standard InChI is InChI=1S/C16H15FN4OS/c1-9-8-11(4-5-12(9)17)19-15-18-7-6-13(20-15)14-10(2)21(3)16(22)23-14/h4-8H,1-3H3,(H,18,19,20). The van der Waals surface area contributed by atoms with Crippen molar-refractivity contribution >= 4 is 23.0 Å². The fraction of sp³-hybridized carbons (Fsp3) is 0.188. The molecule has 0 aliphatic heterocycles. The first kappa shape index (κ1) is 15.4. The highest BCUT2D eigenvalue weighted by Gasteiger charge is 2.12. The first-order valence-electron chi connectivity index (χ1n) is 6.98. The zero-order valence-electron chi connectivity index (χ0n) is 12.9. The van der Waals surface area contributed by atoms with Crippen LogP contribution in [0.4, 0.5) is 16.0 Å². The summed E-state index contributed by atoms with van der Waals surface area (Å²) >= 11 is 1.15. The summed E-state index contributed by atoms with van der Waals surface area (Å²) in [6, 6.07) is 6.48. The van der Waals surface area contributed by atoms with Crippen LogP contribution < -0.4 is 10.2 Å². The molecule has 0 saturated carbocycles. The van der Waals surface area contributed by atoms with Crippen molar-refractivity contribution < 1.29 is 4.39 Å². The Hall–Kier alpha value is -2.54. The quantitative estimate of drug-likeness (QED) is 0.799. The van der Waals surface area contributed by atoms with Gasteiger partial charge in [-0.25, -0.2) is 14.4 Å². The van der Waals surface area contributed by atoms with Gasteiger partial charge in [0.15, 0.2) is 0 Å². The number of rotatable bonds is 3. The summed E-state index contributed by atoms with van der Waals surface area (Å²) in [4.78, 5) is 21.2. The van der Waals surface area contributed by atoms with E-state index in [9.17, 15) is 9.18 Å². The van der Waals surface area contributed by atoms with Crippen molar-refractivity contribution in [3.05, 3.63) is 57.2 Å². The minimum Gasteiger partial charge on any atom is -0.324 e. The number of hydrogen-bond donors (Lipinski definition) is 1. The number of aromatic nitrogens is 3. The normalized spacial score (nSPS) is 10.8. The SMILES string of the molecule is Cc1cc(Nc2nccc(-c3sc(=O)n(C)c3C)n2)ccc1F. The molecular formula is C16H15FN4OS. The van der Waals surface area contributed by atoms with Crippen LogP contribution in [0.2, 0.25) is 0 Å². The average molecular weight is 330 g/mol. The zero-order valence-corrected chi connectivity index (χ0v) is 13.7. The fourth-order valence-electron chi connectivity index (χ4n) is 2.15. The van der Waals surface area contributed by atoms with Crippen molar-refractivity contribution in [1.82, 2.24) is 14.5 Å². The molecule has 3 rings (SSSR count). The molecule has 0 bridgehead atoms. The first-order chi connectivity index (χ1) is 11.0. The van der Waals surface area contributed by atoms with E-state index in [1.165, 1.54) is 6.07 Å². The van der Waals surface area contributed by atoms with Gasteiger partial charge in [-0.3, -0.25) is 4.79 Å². The third-order valence-electron chi connectivity index (χ3n) is 3.60. The van der Waals surface area contributed by atoms with Crippen LogP contribution in [0.3, 0.4) is 0 Å². The molecule has 0 aliphatic carbocycles. The summed E-state index contributed by atoms with van der Waals surface area (Å²) in [5.74, 6) is 0.145. The molecule has 0 atom stereocenters. The zero-order chi connectivity index (χ0) is 16.6. The topological polar surface area (TPSA) is 59.8 Å². The van der Waals surface area contributed by atoms with Gasteiger partial charge in [0.05, 0.1) is 10.6 Å². The number of thiazole rings is 1. The minimum atomic E-state index is -0.255. The predicted molar refractivity (Wildman–Crippen MR) is 89.7 cm³/mol.